The highest BCUT2D eigenvalue weighted by Crippen LogP contribution is 2.20. The number of nitrogens with zero attached hydrogens (tertiary/aromatic N) is 2. The second-order valence-corrected chi connectivity index (χ2v) is 5.10. The third-order valence-corrected chi connectivity index (χ3v) is 3.90. The zero-order valence-electron chi connectivity index (χ0n) is 11.7. The number of carbonyl (C=O) groups excluding carboxylic acids is 1. The van der Waals surface area contributed by atoms with Crippen LogP contribution in [0, 0.1) is 0 Å². The fraction of sp³-hybridized carbons (Fsp3) is 0.375. The number of fused-ring (bicyclic) bond motifs is 1. The molecular weight excluding hydrogens is 250 g/mol. The van der Waals surface area contributed by atoms with E-state index in [-0.39, 0.29) is 5.78 Å². The van der Waals surface area contributed by atoms with Gasteiger partial charge in [0.1, 0.15) is 5.82 Å². The van der Waals surface area contributed by atoms with Crippen LogP contribution in [0.15, 0.2) is 30.6 Å². The van der Waals surface area contributed by atoms with E-state index < -0.39 is 0 Å². The predicted octanol–water partition coefficient (Wildman–Crippen LogP) is 1.97. The normalized spacial score (nSPS) is 14.1. The molecule has 0 amide bonds. The third-order valence-electron chi connectivity index (χ3n) is 3.90. The first kappa shape index (κ1) is 13.1. The Hall–Kier alpha value is -1.94. The van der Waals surface area contributed by atoms with Crippen LogP contribution in [0.5, 0.6) is 0 Å². The quantitative estimate of drug-likeness (QED) is 0.863. The minimum absolute atomic E-state index is 0.171. The number of imidazole rings is 1. The molecule has 1 aromatic heterocycles. The molecule has 3 rings (SSSR count). The van der Waals surface area contributed by atoms with Gasteiger partial charge in [-0.3, -0.25) is 4.79 Å². The molecule has 0 bridgehead atoms. The monoisotopic (exact) mass is 269 g/mol. The van der Waals surface area contributed by atoms with Crippen LogP contribution in [0.3, 0.4) is 0 Å². The molecule has 104 valence electrons. The van der Waals surface area contributed by atoms with E-state index in [9.17, 15) is 4.79 Å². The van der Waals surface area contributed by atoms with E-state index in [0.717, 1.165) is 37.4 Å². The largest absolute Gasteiger partial charge is 0.335 e. The summed E-state index contributed by atoms with van der Waals surface area (Å²) in [7, 11) is 0. The van der Waals surface area contributed by atoms with Crippen molar-refractivity contribution in [1.82, 2.24) is 14.9 Å². The minimum Gasteiger partial charge on any atom is -0.335 e. The van der Waals surface area contributed by atoms with Crippen LogP contribution in [0.4, 0.5) is 0 Å². The van der Waals surface area contributed by atoms with Crippen molar-refractivity contribution in [2.24, 2.45) is 0 Å². The van der Waals surface area contributed by atoms with Gasteiger partial charge in [0.25, 0.3) is 0 Å². The number of hydrogen-bond donors (Lipinski definition) is 1. The van der Waals surface area contributed by atoms with Gasteiger partial charge in [0.05, 0.1) is 6.42 Å². The Morgan fingerprint density at radius 1 is 1.45 bits per heavy atom. The van der Waals surface area contributed by atoms with Crippen LogP contribution in [-0.4, -0.2) is 21.9 Å². The molecule has 2 aromatic rings. The predicted molar refractivity (Wildman–Crippen MR) is 77.8 cm³/mol. The zero-order chi connectivity index (χ0) is 13.9. The van der Waals surface area contributed by atoms with Crippen molar-refractivity contribution in [3.8, 4) is 0 Å². The number of Topliss-reactive ketones (excluding diaryl/α,β-unsaturated/α-hetero) is 1. The van der Waals surface area contributed by atoms with Gasteiger partial charge in [0, 0.05) is 31.0 Å². The summed E-state index contributed by atoms with van der Waals surface area (Å²) in [6, 6.07) is 6.03. The van der Waals surface area contributed by atoms with Crippen molar-refractivity contribution < 1.29 is 4.79 Å². The maximum atomic E-state index is 12.6. The highest BCUT2D eigenvalue weighted by atomic mass is 16.1. The van der Waals surface area contributed by atoms with Gasteiger partial charge in [-0.25, -0.2) is 4.98 Å². The number of benzene rings is 1. The maximum Gasteiger partial charge on any atom is 0.170 e. The Balaban J connectivity index is 1.88. The maximum absolute atomic E-state index is 12.6. The van der Waals surface area contributed by atoms with Crippen LogP contribution in [0.1, 0.15) is 34.2 Å². The van der Waals surface area contributed by atoms with Gasteiger partial charge in [0.2, 0.25) is 0 Å². The minimum atomic E-state index is 0.171. The average Bonchev–Trinajstić information content (AvgIpc) is 2.93. The van der Waals surface area contributed by atoms with Crippen LogP contribution >= 0.6 is 0 Å². The van der Waals surface area contributed by atoms with Gasteiger partial charge in [-0.1, -0.05) is 18.2 Å². The molecule has 1 aliphatic heterocycles. The first-order chi connectivity index (χ1) is 9.79. The van der Waals surface area contributed by atoms with E-state index in [1.165, 1.54) is 11.1 Å². The molecule has 2 heterocycles. The van der Waals surface area contributed by atoms with Crippen LogP contribution in [0.25, 0.3) is 0 Å². The highest BCUT2D eigenvalue weighted by Gasteiger charge is 2.18. The molecule has 1 N–H and O–H groups in total. The van der Waals surface area contributed by atoms with Crippen molar-refractivity contribution in [2.75, 3.05) is 6.54 Å². The molecule has 0 saturated carbocycles. The standard InChI is InChI=1S/C16H19N3O/c1-2-19-9-8-18-16(19)10-15(20)14-5-3-4-12-11-17-7-6-13(12)14/h3-5,8-9,17H,2,6-7,10-11H2,1H3. The molecule has 0 unspecified atom stereocenters. The molecule has 1 aliphatic rings. The van der Waals surface area contributed by atoms with Gasteiger partial charge in [-0.2, -0.15) is 0 Å². The highest BCUT2D eigenvalue weighted by molar-refractivity contribution is 5.98. The second kappa shape index (κ2) is 5.59. The fourth-order valence-corrected chi connectivity index (χ4v) is 2.83. The Morgan fingerprint density at radius 2 is 2.35 bits per heavy atom. The number of hydrogen-bond acceptors (Lipinski definition) is 3. The van der Waals surface area contributed by atoms with Crippen molar-refractivity contribution in [3.05, 3.63) is 53.1 Å². The lowest BCUT2D eigenvalue weighted by Gasteiger charge is -2.19. The molecule has 0 atom stereocenters. The van der Waals surface area contributed by atoms with Crippen molar-refractivity contribution in [2.45, 2.75) is 32.9 Å². The number of ketones is 1. The average molecular weight is 269 g/mol. The smallest absolute Gasteiger partial charge is 0.170 e. The number of rotatable bonds is 4. The lowest BCUT2D eigenvalue weighted by Crippen LogP contribution is -2.25. The lowest BCUT2D eigenvalue weighted by atomic mass is 9.92. The van der Waals surface area contributed by atoms with E-state index in [1.807, 2.05) is 22.9 Å². The fourth-order valence-electron chi connectivity index (χ4n) is 2.83. The Labute approximate surface area is 118 Å². The summed E-state index contributed by atoms with van der Waals surface area (Å²) in [5.41, 5.74) is 3.33. The number of nitrogens with one attached hydrogen (secondary N) is 1. The van der Waals surface area contributed by atoms with Gasteiger partial charge >= 0.3 is 0 Å². The molecule has 0 aliphatic carbocycles. The van der Waals surface area contributed by atoms with Crippen LogP contribution < -0.4 is 5.32 Å². The van der Waals surface area contributed by atoms with Crippen molar-refractivity contribution in [3.63, 3.8) is 0 Å². The third kappa shape index (κ3) is 2.39. The van der Waals surface area contributed by atoms with Gasteiger partial charge in [0.15, 0.2) is 5.78 Å². The topological polar surface area (TPSA) is 46.9 Å². The zero-order valence-corrected chi connectivity index (χ0v) is 11.7. The number of aromatic nitrogens is 2. The van der Waals surface area contributed by atoms with Gasteiger partial charge < -0.3 is 9.88 Å². The molecule has 1 aromatic carbocycles. The Morgan fingerprint density at radius 3 is 3.20 bits per heavy atom. The molecule has 0 fully saturated rings. The van der Waals surface area contributed by atoms with E-state index in [4.69, 9.17) is 0 Å². The molecule has 4 nitrogen and oxygen atoms in total. The molecule has 0 radical (unpaired) electrons. The van der Waals surface area contributed by atoms with E-state index in [0.29, 0.717) is 6.42 Å². The molecule has 0 spiro atoms. The van der Waals surface area contributed by atoms with E-state index >= 15 is 0 Å². The molecular formula is C16H19N3O. The first-order valence-corrected chi connectivity index (χ1v) is 7.14. The van der Waals surface area contributed by atoms with Crippen LogP contribution in [0.2, 0.25) is 0 Å². The summed E-state index contributed by atoms with van der Waals surface area (Å²) >= 11 is 0. The number of carbonyl (C=O) groups is 1. The summed E-state index contributed by atoms with van der Waals surface area (Å²) in [6.07, 6.45) is 4.99. The van der Waals surface area contributed by atoms with Crippen molar-refractivity contribution >= 4 is 5.78 Å². The summed E-state index contributed by atoms with van der Waals surface area (Å²) < 4.78 is 2.02. The summed E-state index contributed by atoms with van der Waals surface area (Å²) in [5, 5.41) is 3.34. The SMILES string of the molecule is CCn1ccnc1CC(=O)c1cccc2c1CCNC2. The second-order valence-electron chi connectivity index (χ2n) is 5.10. The summed E-state index contributed by atoms with van der Waals surface area (Å²) in [4.78, 5) is 16.9. The number of aryl methyl sites for hydroxylation is 1. The van der Waals surface area contributed by atoms with Gasteiger partial charge in [-0.05, 0) is 31.0 Å². The molecule has 20 heavy (non-hydrogen) atoms. The summed E-state index contributed by atoms with van der Waals surface area (Å²) in [5.74, 6) is 1.02. The van der Waals surface area contributed by atoms with E-state index in [1.54, 1.807) is 6.20 Å². The van der Waals surface area contributed by atoms with Gasteiger partial charge in [-0.15, -0.1) is 0 Å². The van der Waals surface area contributed by atoms with Crippen molar-refractivity contribution in [1.29, 1.82) is 0 Å². The lowest BCUT2D eigenvalue weighted by molar-refractivity contribution is 0.0988. The summed E-state index contributed by atoms with van der Waals surface area (Å²) in [6.45, 7) is 4.71. The van der Waals surface area contributed by atoms with E-state index in [2.05, 4.69) is 23.3 Å². The van der Waals surface area contributed by atoms with Crippen LogP contribution in [-0.2, 0) is 25.9 Å². The Kier molecular flexibility index (Phi) is 3.65. The Bertz CT molecular complexity index is 630. The molecule has 0 saturated heterocycles. The first-order valence-electron chi connectivity index (χ1n) is 7.14. The molecule has 4 heteroatoms.